The number of para-hydroxylation sites is 4. The zero-order valence-electron chi connectivity index (χ0n) is 39.6. The molecule has 0 atom stereocenters. The Morgan fingerprint density at radius 1 is 0.303 bits per heavy atom. The largest absolute Gasteiger partial charge is 0.380 e. The highest BCUT2D eigenvalue weighted by Crippen LogP contribution is 2.71. The molecule has 0 spiro atoms. The summed E-state index contributed by atoms with van der Waals surface area (Å²) < 4.78 is 200. The maximum Gasteiger partial charge on any atom is 0.380 e. The van der Waals surface area contributed by atoms with Crippen molar-refractivity contribution in [2.45, 2.75) is 63.2 Å². The minimum atomic E-state index is -6.04. The Labute approximate surface area is 449 Å². The fraction of sp³-hybridized carbons (Fsp3) is 0.179. The number of anilines is 6. The molecule has 388 valence electrons. The maximum atomic E-state index is 16.9. The van der Waals surface area contributed by atoms with Crippen molar-refractivity contribution in [2.24, 2.45) is 0 Å². The topological polar surface area (TPSA) is 6.48 Å². The second kappa shape index (κ2) is 17.3. The lowest BCUT2D eigenvalue weighted by Gasteiger charge is -2.26. The molecule has 0 saturated carbocycles. The molecule has 0 fully saturated rings. The maximum absolute atomic E-state index is 16.9. The first-order valence-corrected chi connectivity index (χ1v) is 28.0. The molecule has 76 heavy (non-hydrogen) atoms. The molecule has 2 aliphatic carbocycles. The van der Waals surface area contributed by atoms with Gasteiger partial charge in [0.15, 0.2) is 0 Å². The summed E-state index contributed by atoms with van der Waals surface area (Å²) in [6.45, 7) is 4.95. The van der Waals surface area contributed by atoms with Crippen molar-refractivity contribution >= 4 is 151 Å². The van der Waals surface area contributed by atoms with Crippen molar-refractivity contribution in [1.29, 1.82) is 0 Å². The molecular formula is C56H34F12N2S6. The van der Waals surface area contributed by atoms with E-state index < -0.39 is 89.5 Å². The zero-order valence-corrected chi connectivity index (χ0v) is 44.5. The molecule has 4 aromatic carbocycles. The van der Waals surface area contributed by atoms with Gasteiger partial charge in [0.25, 0.3) is 0 Å². The third kappa shape index (κ3) is 6.95. The summed E-state index contributed by atoms with van der Waals surface area (Å²) in [6, 6.07) is 38.9. The first-order valence-electron chi connectivity index (χ1n) is 23.1. The van der Waals surface area contributed by atoms with Crippen molar-refractivity contribution in [2.75, 3.05) is 9.80 Å². The van der Waals surface area contributed by atoms with E-state index in [-0.39, 0.29) is 28.9 Å². The van der Waals surface area contributed by atoms with Gasteiger partial charge in [0, 0.05) is 96.2 Å². The number of hydrogen-bond acceptors (Lipinski definition) is 8. The minimum Gasteiger partial charge on any atom is -0.302 e. The van der Waals surface area contributed by atoms with Crippen LogP contribution in [0.15, 0.2) is 133 Å². The summed E-state index contributed by atoms with van der Waals surface area (Å²) in [5, 5.41) is 0.873. The summed E-state index contributed by atoms with van der Waals surface area (Å²) in [5.74, 6) is -34.4. The fourth-order valence-corrected chi connectivity index (χ4v) is 18.3. The van der Waals surface area contributed by atoms with Crippen LogP contribution < -0.4 is 9.80 Å². The quantitative estimate of drug-likeness (QED) is 0.126. The van der Waals surface area contributed by atoms with E-state index in [1.54, 1.807) is 143 Å². The predicted octanol–water partition coefficient (Wildman–Crippen LogP) is 21.3. The highest BCUT2D eigenvalue weighted by molar-refractivity contribution is 7.31. The zero-order chi connectivity index (χ0) is 53.8. The molecule has 0 saturated heterocycles. The summed E-state index contributed by atoms with van der Waals surface area (Å²) >= 11 is 4.51. The molecule has 0 amide bonds. The summed E-state index contributed by atoms with van der Waals surface area (Å²) in [6.07, 6.45) is 0. The predicted molar refractivity (Wildman–Crippen MR) is 291 cm³/mol. The average molecular weight is 1160 g/mol. The molecule has 10 aromatic rings. The van der Waals surface area contributed by atoms with Crippen LogP contribution in [0.4, 0.5) is 85.4 Å². The number of fused-ring (bicyclic) bond motifs is 3. The van der Waals surface area contributed by atoms with Crippen LogP contribution in [0.5, 0.6) is 0 Å². The Hall–Kier alpha value is -5.90. The van der Waals surface area contributed by atoms with Crippen LogP contribution in [0.2, 0.25) is 0 Å². The first-order chi connectivity index (χ1) is 35.9. The van der Waals surface area contributed by atoms with Gasteiger partial charge in [-0.25, -0.2) is 0 Å². The van der Waals surface area contributed by atoms with E-state index in [1.165, 1.54) is 13.8 Å². The number of allylic oxidation sites excluding steroid dienone is 4. The van der Waals surface area contributed by atoms with Crippen molar-refractivity contribution in [1.82, 2.24) is 0 Å². The van der Waals surface area contributed by atoms with Gasteiger partial charge in [0.2, 0.25) is 0 Å². The number of halogens is 12. The Balaban J connectivity index is 1.09. The van der Waals surface area contributed by atoms with Crippen LogP contribution in [-0.2, 0) is 0 Å². The van der Waals surface area contributed by atoms with Crippen molar-refractivity contribution in [3.05, 3.63) is 175 Å². The monoisotopic (exact) mass is 1150 g/mol. The standard InChI is InChI=1S/C56H34F12N2S6/c1-27-39(47-35(71-27)25-37(75-47)69(31-17-9-5-10-18-31)32-19-11-6-12-20-32)43-45(53(61,62)55(65,66)51(43,57)58)41-29(3)73-50-42(30(4)74-49(41)50)46-44(52(59,60)56(67,68)54(46,63)64)40-28(2)72-36-26-38(76-48(36)40)70(33-21-13-7-14-22-33)34-23-15-8-16-24-34/h5-26H,1-4H3. The molecule has 20 heteroatoms. The van der Waals surface area contributed by atoms with Gasteiger partial charge in [-0.1, -0.05) is 72.8 Å². The molecular weight excluding hydrogens is 1120 g/mol. The average Bonchev–Trinajstić information content (AvgIpc) is 4.30. The highest BCUT2D eigenvalue weighted by Gasteiger charge is 2.82. The molecule has 0 bridgehead atoms. The Kier molecular flexibility index (Phi) is 11.6. The van der Waals surface area contributed by atoms with E-state index in [4.69, 9.17) is 0 Å². The van der Waals surface area contributed by atoms with Crippen LogP contribution >= 0.6 is 68.0 Å². The lowest BCUT2D eigenvalue weighted by Crippen LogP contribution is -2.49. The van der Waals surface area contributed by atoms with E-state index >= 15 is 52.7 Å². The highest BCUT2D eigenvalue weighted by atomic mass is 32.1. The number of rotatable bonds is 10. The molecule has 2 nitrogen and oxygen atoms in total. The molecule has 0 unspecified atom stereocenters. The van der Waals surface area contributed by atoms with E-state index in [0.29, 0.717) is 64.8 Å². The van der Waals surface area contributed by atoms with Gasteiger partial charge >= 0.3 is 35.5 Å². The van der Waals surface area contributed by atoms with Crippen LogP contribution in [0.1, 0.15) is 41.8 Å². The Morgan fingerprint density at radius 2 is 0.539 bits per heavy atom. The molecule has 2 aliphatic rings. The Bertz CT molecular complexity index is 3670. The summed E-state index contributed by atoms with van der Waals surface area (Å²) in [7, 11) is 0. The lowest BCUT2D eigenvalue weighted by atomic mass is 9.93. The van der Waals surface area contributed by atoms with E-state index in [1.807, 2.05) is 0 Å². The third-order valence-electron chi connectivity index (χ3n) is 13.8. The van der Waals surface area contributed by atoms with Crippen LogP contribution in [-0.4, -0.2) is 35.5 Å². The number of nitrogens with zero attached hydrogens (tertiary/aromatic N) is 2. The number of alkyl halides is 12. The molecule has 12 rings (SSSR count). The molecule has 6 heterocycles. The van der Waals surface area contributed by atoms with Gasteiger partial charge in [0.1, 0.15) is 10.0 Å². The van der Waals surface area contributed by atoms with E-state index in [0.717, 1.165) is 59.2 Å². The fourth-order valence-electron chi connectivity index (χ4n) is 10.4. The third-order valence-corrected chi connectivity index (χ3v) is 20.8. The molecule has 0 N–H and O–H groups in total. The van der Waals surface area contributed by atoms with Crippen LogP contribution in [0.3, 0.4) is 0 Å². The second-order valence-corrected chi connectivity index (χ2v) is 25.3. The number of benzene rings is 4. The van der Waals surface area contributed by atoms with Gasteiger partial charge in [0.05, 0.1) is 18.8 Å². The van der Waals surface area contributed by atoms with Crippen LogP contribution in [0, 0.1) is 27.7 Å². The van der Waals surface area contributed by atoms with Gasteiger partial charge in [-0.3, -0.25) is 0 Å². The Morgan fingerprint density at radius 3 is 0.803 bits per heavy atom. The van der Waals surface area contributed by atoms with Gasteiger partial charge in [-0.2, -0.15) is 52.7 Å². The number of thiophene rings is 6. The van der Waals surface area contributed by atoms with Crippen molar-refractivity contribution < 1.29 is 52.7 Å². The smallest absolute Gasteiger partial charge is 0.302 e. The minimum absolute atomic E-state index is 0.00122. The summed E-state index contributed by atoms with van der Waals surface area (Å²) in [5.41, 5.74) is -7.18. The van der Waals surface area contributed by atoms with Gasteiger partial charge in [-0.15, -0.1) is 68.0 Å². The first kappa shape index (κ1) is 50.9. The van der Waals surface area contributed by atoms with Gasteiger partial charge in [-0.05, 0) is 88.4 Å². The lowest BCUT2D eigenvalue weighted by molar-refractivity contribution is -0.254. The SMILES string of the molecule is Cc1sc2cc(N(c3ccccc3)c3ccccc3)sc2c1C1=C(c2c(C)sc3c(C4=C(c5c(C)sc6cc(N(c7ccccc7)c7ccccc7)sc56)C(F)(F)C(F)(F)C4(F)F)c(C)sc23)C(F)(F)C(F)(F)C1(F)F. The summed E-state index contributed by atoms with van der Waals surface area (Å²) in [4.78, 5) is 2.92. The van der Waals surface area contributed by atoms with E-state index in [9.17, 15) is 0 Å². The molecule has 0 radical (unpaired) electrons. The number of aryl methyl sites for hydroxylation is 4. The van der Waals surface area contributed by atoms with Crippen molar-refractivity contribution in [3.63, 3.8) is 0 Å². The number of hydrogen-bond donors (Lipinski definition) is 0. The normalized spacial score (nSPS) is 18.3. The van der Waals surface area contributed by atoms with Crippen molar-refractivity contribution in [3.8, 4) is 0 Å². The van der Waals surface area contributed by atoms with Gasteiger partial charge < -0.3 is 9.80 Å². The van der Waals surface area contributed by atoms with E-state index in [2.05, 4.69) is 0 Å². The van der Waals surface area contributed by atoms with Crippen LogP contribution in [0.25, 0.3) is 50.5 Å². The molecule has 6 aromatic heterocycles. The second-order valence-electron chi connectivity index (χ2n) is 18.3. The molecule has 0 aliphatic heterocycles.